The highest BCUT2D eigenvalue weighted by Gasteiger charge is 2.20. The Labute approximate surface area is 79.9 Å². The highest BCUT2D eigenvalue weighted by Crippen LogP contribution is 2.31. The Morgan fingerprint density at radius 3 is 2.64 bits per heavy atom. The van der Waals surface area contributed by atoms with E-state index in [1.165, 1.54) is 13.2 Å². The zero-order chi connectivity index (χ0) is 10.7. The molecule has 0 atom stereocenters. The van der Waals surface area contributed by atoms with E-state index in [-0.39, 0.29) is 11.4 Å². The predicted molar refractivity (Wildman–Crippen MR) is 45.2 cm³/mol. The maximum atomic E-state index is 12.5. The number of pyridine rings is 1. The van der Waals surface area contributed by atoms with Crippen molar-refractivity contribution in [3.05, 3.63) is 23.0 Å². The maximum absolute atomic E-state index is 12.5. The predicted octanol–water partition coefficient (Wildman–Crippen LogP) is 2.21. The first-order chi connectivity index (χ1) is 6.60. The number of aryl methyl sites for hydroxylation is 1. The van der Waals surface area contributed by atoms with Crippen LogP contribution in [0.25, 0.3) is 0 Å². The van der Waals surface area contributed by atoms with Gasteiger partial charge in [-0.25, -0.2) is 13.8 Å². The molecule has 0 fully saturated rings. The van der Waals surface area contributed by atoms with Gasteiger partial charge in [-0.2, -0.15) is 5.26 Å². The van der Waals surface area contributed by atoms with Gasteiger partial charge in [-0.3, -0.25) is 0 Å². The summed E-state index contributed by atoms with van der Waals surface area (Å²) >= 11 is 0. The van der Waals surface area contributed by atoms with Crippen LogP contribution in [0.3, 0.4) is 0 Å². The van der Waals surface area contributed by atoms with E-state index in [4.69, 9.17) is 10.00 Å². The van der Waals surface area contributed by atoms with Gasteiger partial charge in [0.25, 0.3) is 6.43 Å². The van der Waals surface area contributed by atoms with Crippen LogP contribution in [0.2, 0.25) is 0 Å². The summed E-state index contributed by atoms with van der Waals surface area (Å²) in [5.41, 5.74) is -0.250. The number of hydrogen-bond acceptors (Lipinski definition) is 3. The lowest BCUT2D eigenvalue weighted by Gasteiger charge is -2.09. The van der Waals surface area contributed by atoms with Crippen LogP contribution in [0.4, 0.5) is 8.78 Å². The third-order valence-corrected chi connectivity index (χ3v) is 1.69. The molecule has 0 saturated carbocycles. The van der Waals surface area contributed by atoms with E-state index in [9.17, 15) is 8.78 Å². The number of nitrogens with zero attached hydrogens (tertiary/aromatic N) is 2. The van der Waals surface area contributed by atoms with Gasteiger partial charge in [0.15, 0.2) is 5.69 Å². The molecular formula is C9H8F2N2O. The SMILES string of the molecule is COc1cc(C)nc(C#N)c1C(F)F. The Morgan fingerprint density at radius 2 is 2.21 bits per heavy atom. The summed E-state index contributed by atoms with van der Waals surface area (Å²) < 4.78 is 29.8. The zero-order valence-electron chi connectivity index (χ0n) is 7.71. The first-order valence-electron chi connectivity index (χ1n) is 3.84. The van der Waals surface area contributed by atoms with Crippen molar-refractivity contribution in [3.8, 4) is 11.8 Å². The fourth-order valence-electron chi connectivity index (χ4n) is 1.12. The van der Waals surface area contributed by atoms with Gasteiger partial charge < -0.3 is 4.74 Å². The summed E-state index contributed by atoms with van der Waals surface area (Å²) in [6, 6.07) is 3.00. The van der Waals surface area contributed by atoms with E-state index < -0.39 is 12.0 Å². The molecule has 3 nitrogen and oxygen atoms in total. The summed E-state index contributed by atoms with van der Waals surface area (Å²) in [6.07, 6.45) is -2.76. The van der Waals surface area contributed by atoms with Gasteiger partial charge in [-0.15, -0.1) is 0 Å². The zero-order valence-corrected chi connectivity index (χ0v) is 7.71. The van der Waals surface area contributed by atoms with Crippen LogP contribution in [0.15, 0.2) is 6.07 Å². The molecule has 0 spiro atoms. The second kappa shape index (κ2) is 4.01. The summed E-state index contributed by atoms with van der Waals surface area (Å²) in [7, 11) is 1.28. The highest BCUT2D eigenvalue weighted by molar-refractivity contribution is 5.44. The van der Waals surface area contributed by atoms with Crippen molar-refractivity contribution in [2.75, 3.05) is 7.11 Å². The van der Waals surface area contributed by atoms with Crippen LogP contribution in [-0.2, 0) is 0 Å². The average Bonchev–Trinajstić information content (AvgIpc) is 2.15. The molecule has 74 valence electrons. The summed E-state index contributed by atoms with van der Waals surface area (Å²) in [5, 5.41) is 8.61. The number of halogens is 2. The van der Waals surface area contributed by atoms with E-state index in [0.29, 0.717) is 5.69 Å². The van der Waals surface area contributed by atoms with Crippen molar-refractivity contribution in [3.63, 3.8) is 0 Å². The van der Waals surface area contributed by atoms with Crippen LogP contribution in [0.5, 0.6) is 5.75 Å². The summed E-state index contributed by atoms with van der Waals surface area (Å²) in [5.74, 6) is 0.00375. The number of ether oxygens (including phenoxy) is 1. The molecule has 1 heterocycles. The van der Waals surface area contributed by atoms with E-state index in [0.717, 1.165) is 0 Å². The Morgan fingerprint density at radius 1 is 1.57 bits per heavy atom. The lowest BCUT2D eigenvalue weighted by Crippen LogP contribution is -2.00. The first kappa shape index (κ1) is 10.4. The molecule has 0 aromatic carbocycles. The van der Waals surface area contributed by atoms with Crippen molar-refractivity contribution < 1.29 is 13.5 Å². The molecule has 0 unspecified atom stereocenters. The topological polar surface area (TPSA) is 45.9 Å². The number of methoxy groups -OCH3 is 1. The molecular weight excluding hydrogens is 190 g/mol. The largest absolute Gasteiger partial charge is 0.496 e. The van der Waals surface area contributed by atoms with Crippen molar-refractivity contribution in [2.24, 2.45) is 0 Å². The van der Waals surface area contributed by atoms with Crippen LogP contribution in [0, 0.1) is 18.3 Å². The number of aromatic nitrogens is 1. The number of rotatable bonds is 2. The van der Waals surface area contributed by atoms with Crippen LogP contribution in [-0.4, -0.2) is 12.1 Å². The third-order valence-electron chi connectivity index (χ3n) is 1.69. The molecule has 14 heavy (non-hydrogen) atoms. The van der Waals surface area contributed by atoms with Gasteiger partial charge in [0.05, 0.1) is 12.7 Å². The normalized spacial score (nSPS) is 10.0. The molecule has 5 heteroatoms. The Kier molecular flexibility index (Phi) is 2.97. The van der Waals surface area contributed by atoms with Crippen molar-refractivity contribution in [2.45, 2.75) is 13.3 Å². The summed E-state index contributed by atoms with van der Waals surface area (Å²) in [4.78, 5) is 3.70. The lowest BCUT2D eigenvalue weighted by atomic mass is 10.1. The Hall–Kier alpha value is -1.70. The quantitative estimate of drug-likeness (QED) is 0.731. The molecule has 0 saturated heterocycles. The van der Waals surface area contributed by atoms with E-state index in [1.807, 2.05) is 0 Å². The van der Waals surface area contributed by atoms with Crippen molar-refractivity contribution in [1.29, 1.82) is 5.26 Å². The smallest absolute Gasteiger partial charge is 0.270 e. The van der Waals surface area contributed by atoms with Gasteiger partial charge in [0, 0.05) is 11.8 Å². The van der Waals surface area contributed by atoms with E-state index in [1.54, 1.807) is 13.0 Å². The minimum absolute atomic E-state index is 0.00375. The number of nitriles is 1. The van der Waals surface area contributed by atoms with Crippen LogP contribution >= 0.6 is 0 Å². The molecule has 0 aliphatic carbocycles. The van der Waals surface area contributed by atoms with E-state index >= 15 is 0 Å². The average molecular weight is 198 g/mol. The number of hydrogen-bond donors (Lipinski definition) is 0. The minimum atomic E-state index is -2.76. The van der Waals surface area contributed by atoms with Gasteiger partial charge in [0.2, 0.25) is 0 Å². The van der Waals surface area contributed by atoms with Gasteiger partial charge in [-0.1, -0.05) is 0 Å². The molecule has 1 aromatic heterocycles. The maximum Gasteiger partial charge on any atom is 0.270 e. The fraction of sp³-hybridized carbons (Fsp3) is 0.333. The second-order valence-corrected chi connectivity index (χ2v) is 2.64. The van der Waals surface area contributed by atoms with Crippen LogP contribution in [0.1, 0.15) is 23.4 Å². The minimum Gasteiger partial charge on any atom is -0.496 e. The van der Waals surface area contributed by atoms with E-state index in [2.05, 4.69) is 4.98 Å². The highest BCUT2D eigenvalue weighted by atomic mass is 19.3. The van der Waals surface area contributed by atoms with Gasteiger partial charge >= 0.3 is 0 Å². The lowest BCUT2D eigenvalue weighted by molar-refractivity contribution is 0.146. The van der Waals surface area contributed by atoms with Crippen molar-refractivity contribution in [1.82, 2.24) is 4.98 Å². The summed E-state index contributed by atoms with van der Waals surface area (Å²) in [6.45, 7) is 1.61. The fourth-order valence-corrected chi connectivity index (χ4v) is 1.12. The molecule has 0 amide bonds. The molecule has 0 radical (unpaired) electrons. The second-order valence-electron chi connectivity index (χ2n) is 2.64. The van der Waals surface area contributed by atoms with Gasteiger partial charge in [-0.05, 0) is 6.92 Å². The molecule has 0 aliphatic rings. The Balaban J connectivity index is 3.42. The van der Waals surface area contributed by atoms with Crippen molar-refractivity contribution >= 4 is 0 Å². The molecule has 0 aliphatic heterocycles. The molecule has 0 bridgehead atoms. The third kappa shape index (κ3) is 1.79. The first-order valence-corrected chi connectivity index (χ1v) is 3.84. The standard InChI is InChI=1S/C9H8F2N2O/c1-5-3-7(14-2)8(9(10)11)6(4-12)13-5/h3,9H,1-2H3. The van der Waals surface area contributed by atoms with Crippen LogP contribution < -0.4 is 4.74 Å². The molecule has 1 aromatic rings. The molecule has 1 rings (SSSR count). The monoisotopic (exact) mass is 198 g/mol. The van der Waals surface area contributed by atoms with Gasteiger partial charge in [0.1, 0.15) is 11.8 Å². The Bertz CT molecular complexity index is 385. The number of alkyl halides is 2. The molecule has 0 N–H and O–H groups in total.